The fourth-order valence-corrected chi connectivity index (χ4v) is 2.73. The lowest BCUT2D eigenvalue weighted by atomic mass is 9.96. The Labute approximate surface area is 154 Å². The largest absolute Gasteiger partial charge is 0.506 e. The van der Waals surface area contributed by atoms with Gasteiger partial charge in [0, 0.05) is 0 Å². The Morgan fingerprint density at radius 3 is 2.32 bits per heavy atom. The van der Waals surface area contributed by atoms with Crippen LogP contribution < -0.4 is 10.6 Å². The van der Waals surface area contributed by atoms with E-state index >= 15 is 0 Å². The molecule has 2 rings (SSSR count). The first kappa shape index (κ1) is 18.9. The zero-order valence-corrected chi connectivity index (χ0v) is 15.6. The van der Waals surface area contributed by atoms with Crippen molar-refractivity contribution in [2.45, 2.75) is 33.1 Å². The summed E-state index contributed by atoms with van der Waals surface area (Å²) in [7, 11) is 0. The van der Waals surface area contributed by atoms with Crippen molar-refractivity contribution in [1.29, 1.82) is 0 Å². The number of rotatable bonds is 5. The van der Waals surface area contributed by atoms with Crippen molar-refractivity contribution in [3.05, 3.63) is 59.7 Å². The van der Waals surface area contributed by atoms with Crippen LogP contribution in [0.1, 0.15) is 37.8 Å². The smallest absolute Gasteiger partial charge is 0.233 e. The number of amides is 1. The van der Waals surface area contributed by atoms with E-state index in [9.17, 15) is 9.90 Å². The molecule has 1 atom stereocenters. The minimum Gasteiger partial charge on any atom is -0.506 e. The molecule has 0 bridgehead atoms. The quantitative estimate of drug-likeness (QED) is 0.555. The van der Waals surface area contributed by atoms with Crippen molar-refractivity contribution >= 4 is 28.9 Å². The van der Waals surface area contributed by atoms with Gasteiger partial charge in [-0.05, 0) is 54.7 Å². The summed E-state index contributed by atoms with van der Waals surface area (Å²) in [5, 5.41) is 15.4. The molecule has 0 spiro atoms. The summed E-state index contributed by atoms with van der Waals surface area (Å²) in [6.07, 6.45) is 1.02. The third kappa shape index (κ3) is 5.57. The number of hydrogen-bond acceptors (Lipinski definition) is 3. The Morgan fingerprint density at radius 2 is 1.72 bits per heavy atom. The van der Waals surface area contributed by atoms with E-state index in [0.717, 1.165) is 12.0 Å². The van der Waals surface area contributed by atoms with Gasteiger partial charge in [0.2, 0.25) is 5.91 Å². The van der Waals surface area contributed by atoms with Crippen LogP contribution in [0.4, 0.5) is 5.69 Å². The summed E-state index contributed by atoms with van der Waals surface area (Å²) >= 11 is 5.16. The van der Waals surface area contributed by atoms with Gasteiger partial charge in [0.25, 0.3) is 0 Å². The summed E-state index contributed by atoms with van der Waals surface area (Å²) in [4.78, 5) is 12.4. The second-order valence-electron chi connectivity index (χ2n) is 6.52. The average Bonchev–Trinajstić information content (AvgIpc) is 2.56. The monoisotopic (exact) mass is 356 g/mol. The second kappa shape index (κ2) is 8.62. The molecule has 4 nitrogen and oxygen atoms in total. The molecule has 0 fully saturated rings. The number of thiocarbonyl (C=S) groups is 1. The topological polar surface area (TPSA) is 61.4 Å². The van der Waals surface area contributed by atoms with Crippen molar-refractivity contribution < 1.29 is 9.90 Å². The predicted molar refractivity (Wildman–Crippen MR) is 106 cm³/mol. The normalized spacial score (nSPS) is 11.8. The van der Waals surface area contributed by atoms with E-state index in [-0.39, 0.29) is 22.7 Å². The van der Waals surface area contributed by atoms with E-state index < -0.39 is 0 Å². The van der Waals surface area contributed by atoms with Gasteiger partial charge in [-0.1, -0.05) is 50.2 Å². The average molecular weight is 356 g/mol. The molecule has 0 heterocycles. The lowest BCUT2D eigenvalue weighted by Crippen LogP contribution is -2.36. The molecule has 0 saturated heterocycles. The molecule has 5 heteroatoms. The van der Waals surface area contributed by atoms with Crippen LogP contribution >= 0.6 is 12.2 Å². The lowest BCUT2D eigenvalue weighted by molar-refractivity contribution is -0.120. The molecule has 132 valence electrons. The molecular weight excluding hydrogens is 332 g/mol. The first-order chi connectivity index (χ1) is 11.9. The number of phenolic OH excluding ortho intramolecular Hbond substituents is 1. The van der Waals surface area contributed by atoms with Gasteiger partial charge >= 0.3 is 0 Å². The number of anilines is 1. The highest BCUT2D eigenvalue weighted by atomic mass is 32.1. The maximum absolute atomic E-state index is 12.4. The Hall–Kier alpha value is -2.40. The first-order valence-corrected chi connectivity index (χ1v) is 8.76. The van der Waals surface area contributed by atoms with Crippen LogP contribution in [0.2, 0.25) is 0 Å². The van der Waals surface area contributed by atoms with Gasteiger partial charge in [0.15, 0.2) is 5.11 Å². The summed E-state index contributed by atoms with van der Waals surface area (Å²) in [5.41, 5.74) is 2.66. The number of benzene rings is 2. The van der Waals surface area contributed by atoms with Crippen molar-refractivity contribution in [2.75, 3.05) is 5.32 Å². The minimum absolute atomic E-state index is 0.0767. The molecule has 0 aliphatic heterocycles. The number of para-hydroxylation sites is 2. The minimum atomic E-state index is -0.322. The van der Waals surface area contributed by atoms with Crippen LogP contribution in [0.15, 0.2) is 48.5 Å². The van der Waals surface area contributed by atoms with E-state index in [2.05, 4.69) is 36.6 Å². The molecule has 3 N–H and O–H groups in total. The fraction of sp³-hybridized carbons (Fsp3) is 0.300. The third-order valence-corrected chi connectivity index (χ3v) is 4.11. The van der Waals surface area contributed by atoms with Crippen LogP contribution in [-0.2, 0) is 11.2 Å². The molecule has 0 aliphatic carbocycles. The highest BCUT2D eigenvalue weighted by Crippen LogP contribution is 2.21. The zero-order chi connectivity index (χ0) is 18.4. The lowest BCUT2D eigenvalue weighted by Gasteiger charge is -2.15. The van der Waals surface area contributed by atoms with Crippen LogP contribution in [-0.4, -0.2) is 16.1 Å². The van der Waals surface area contributed by atoms with E-state index in [1.165, 1.54) is 5.56 Å². The Bertz CT molecular complexity index is 742. The SMILES string of the molecule is CC(C)Cc1ccc(C(C)C(=O)NC(=S)Nc2ccccc2O)cc1. The van der Waals surface area contributed by atoms with Crippen LogP contribution in [0.5, 0.6) is 5.75 Å². The Kier molecular flexibility index (Phi) is 6.53. The molecular formula is C20H24N2O2S. The van der Waals surface area contributed by atoms with Gasteiger partial charge in [-0.15, -0.1) is 0 Å². The predicted octanol–water partition coefficient (Wildman–Crippen LogP) is 4.21. The van der Waals surface area contributed by atoms with Crippen molar-refractivity contribution in [1.82, 2.24) is 5.32 Å². The fourth-order valence-electron chi connectivity index (χ4n) is 2.52. The van der Waals surface area contributed by atoms with Gasteiger partial charge in [-0.25, -0.2) is 0 Å². The molecule has 0 radical (unpaired) electrons. The van der Waals surface area contributed by atoms with Gasteiger partial charge < -0.3 is 15.7 Å². The molecule has 2 aromatic rings. The Balaban J connectivity index is 1.95. The Morgan fingerprint density at radius 1 is 1.08 bits per heavy atom. The highest BCUT2D eigenvalue weighted by molar-refractivity contribution is 7.80. The molecule has 0 saturated carbocycles. The molecule has 1 amide bonds. The number of hydrogen-bond donors (Lipinski definition) is 3. The van der Waals surface area contributed by atoms with E-state index in [1.807, 2.05) is 19.1 Å². The molecule has 0 aliphatic rings. The number of carbonyl (C=O) groups is 1. The van der Waals surface area contributed by atoms with Gasteiger partial charge in [0.05, 0.1) is 11.6 Å². The molecule has 0 aromatic heterocycles. The summed E-state index contributed by atoms with van der Waals surface area (Å²) < 4.78 is 0. The number of carbonyl (C=O) groups excluding carboxylic acids is 1. The summed E-state index contributed by atoms with van der Waals surface area (Å²) in [6, 6.07) is 14.8. The maximum Gasteiger partial charge on any atom is 0.233 e. The zero-order valence-electron chi connectivity index (χ0n) is 14.7. The van der Waals surface area contributed by atoms with Gasteiger partial charge in [-0.3, -0.25) is 4.79 Å². The first-order valence-electron chi connectivity index (χ1n) is 8.35. The number of aromatic hydroxyl groups is 1. The molecule has 25 heavy (non-hydrogen) atoms. The third-order valence-electron chi connectivity index (χ3n) is 3.91. The second-order valence-corrected chi connectivity index (χ2v) is 6.93. The maximum atomic E-state index is 12.4. The number of nitrogens with one attached hydrogen (secondary N) is 2. The molecule has 1 unspecified atom stereocenters. The van der Waals surface area contributed by atoms with Crippen LogP contribution in [0.25, 0.3) is 0 Å². The molecule has 2 aromatic carbocycles. The van der Waals surface area contributed by atoms with E-state index in [1.54, 1.807) is 24.3 Å². The standard InChI is InChI=1S/C20H24N2O2S/c1-13(2)12-15-8-10-16(11-9-15)14(3)19(24)22-20(25)21-17-6-4-5-7-18(17)23/h4-11,13-14,23H,12H2,1-3H3,(H2,21,22,24,25). The van der Waals surface area contributed by atoms with E-state index in [0.29, 0.717) is 11.6 Å². The van der Waals surface area contributed by atoms with Crippen molar-refractivity contribution in [3.63, 3.8) is 0 Å². The summed E-state index contributed by atoms with van der Waals surface area (Å²) in [6.45, 7) is 6.21. The van der Waals surface area contributed by atoms with Gasteiger partial charge in [-0.2, -0.15) is 0 Å². The van der Waals surface area contributed by atoms with Crippen molar-refractivity contribution in [3.8, 4) is 5.75 Å². The van der Waals surface area contributed by atoms with Crippen LogP contribution in [0, 0.1) is 5.92 Å². The van der Waals surface area contributed by atoms with Crippen molar-refractivity contribution in [2.24, 2.45) is 5.92 Å². The van der Waals surface area contributed by atoms with Gasteiger partial charge in [0.1, 0.15) is 5.75 Å². The van der Waals surface area contributed by atoms with E-state index in [4.69, 9.17) is 12.2 Å². The number of phenols is 1. The van der Waals surface area contributed by atoms with Crippen LogP contribution in [0.3, 0.4) is 0 Å². The highest BCUT2D eigenvalue weighted by Gasteiger charge is 2.17. The summed E-state index contributed by atoms with van der Waals surface area (Å²) in [5.74, 6) is 0.166.